The molecule has 2 atom stereocenters. The van der Waals surface area contributed by atoms with E-state index >= 15 is 0 Å². The molecule has 5 nitrogen and oxygen atoms in total. The zero-order valence-electron chi connectivity index (χ0n) is 12.0. The van der Waals surface area contributed by atoms with E-state index in [1.807, 2.05) is 6.92 Å². The molecular formula is C14H21ClN2O3S. The average molecular weight is 333 g/mol. The zero-order valence-corrected chi connectivity index (χ0v) is 13.6. The first-order chi connectivity index (χ1) is 9.90. The normalized spacial score (nSPS) is 22.1. The summed E-state index contributed by atoms with van der Waals surface area (Å²) in [5, 5.41) is 10.5. The highest BCUT2D eigenvalue weighted by molar-refractivity contribution is 7.87. The van der Waals surface area contributed by atoms with Gasteiger partial charge in [0.25, 0.3) is 10.2 Å². The lowest BCUT2D eigenvalue weighted by Crippen LogP contribution is -2.46. The van der Waals surface area contributed by atoms with E-state index in [9.17, 15) is 13.5 Å². The number of aliphatic hydroxyl groups is 1. The van der Waals surface area contributed by atoms with E-state index in [1.54, 1.807) is 24.3 Å². The van der Waals surface area contributed by atoms with Crippen LogP contribution in [0.2, 0.25) is 5.02 Å². The fourth-order valence-electron chi connectivity index (χ4n) is 2.50. The number of hydrogen-bond donors (Lipinski definition) is 2. The lowest BCUT2D eigenvalue weighted by molar-refractivity contribution is 0.180. The van der Waals surface area contributed by atoms with Crippen LogP contribution >= 0.6 is 11.6 Å². The zero-order chi connectivity index (χ0) is 15.5. The van der Waals surface area contributed by atoms with Gasteiger partial charge in [-0.15, -0.1) is 0 Å². The van der Waals surface area contributed by atoms with Crippen LogP contribution in [0.5, 0.6) is 0 Å². The van der Waals surface area contributed by atoms with Gasteiger partial charge in [0, 0.05) is 30.2 Å². The van der Waals surface area contributed by atoms with Gasteiger partial charge in [0.05, 0.1) is 6.10 Å². The van der Waals surface area contributed by atoms with Gasteiger partial charge in [0.1, 0.15) is 0 Å². The van der Waals surface area contributed by atoms with E-state index < -0.39 is 16.3 Å². The smallest absolute Gasteiger partial charge is 0.279 e. The molecule has 0 radical (unpaired) electrons. The van der Waals surface area contributed by atoms with Crippen molar-refractivity contribution >= 4 is 21.8 Å². The highest BCUT2D eigenvalue weighted by atomic mass is 35.5. The summed E-state index contributed by atoms with van der Waals surface area (Å²) in [5.41, 5.74) is 0.522. The molecule has 2 rings (SSSR count). The van der Waals surface area contributed by atoms with Crippen molar-refractivity contribution in [3.8, 4) is 0 Å². The summed E-state index contributed by atoms with van der Waals surface area (Å²) < 4.78 is 28.4. The van der Waals surface area contributed by atoms with E-state index in [0.29, 0.717) is 29.6 Å². The topological polar surface area (TPSA) is 69.6 Å². The number of benzene rings is 1. The van der Waals surface area contributed by atoms with Crippen molar-refractivity contribution in [2.24, 2.45) is 5.92 Å². The summed E-state index contributed by atoms with van der Waals surface area (Å²) in [5.74, 6) is 0.365. The monoisotopic (exact) mass is 332 g/mol. The highest BCUT2D eigenvalue weighted by Crippen LogP contribution is 2.22. The Morgan fingerprint density at radius 3 is 2.86 bits per heavy atom. The van der Waals surface area contributed by atoms with Crippen molar-refractivity contribution in [2.45, 2.75) is 25.9 Å². The van der Waals surface area contributed by atoms with Gasteiger partial charge in [-0.05, 0) is 24.8 Å². The van der Waals surface area contributed by atoms with Gasteiger partial charge >= 0.3 is 0 Å². The fourth-order valence-corrected chi connectivity index (χ4v) is 4.13. The molecule has 0 unspecified atom stereocenters. The molecule has 0 aromatic heterocycles. The van der Waals surface area contributed by atoms with Gasteiger partial charge in [0.15, 0.2) is 0 Å². The van der Waals surface area contributed by atoms with Crippen LogP contribution in [-0.2, 0) is 10.2 Å². The molecule has 2 N–H and O–H groups in total. The maximum Gasteiger partial charge on any atom is 0.279 e. The molecule has 0 amide bonds. The first-order valence-corrected chi connectivity index (χ1v) is 8.89. The first-order valence-electron chi connectivity index (χ1n) is 7.07. The summed E-state index contributed by atoms with van der Waals surface area (Å²) >= 11 is 5.99. The number of halogens is 1. The van der Waals surface area contributed by atoms with E-state index in [0.717, 1.165) is 12.8 Å². The van der Waals surface area contributed by atoms with Crippen LogP contribution in [0.1, 0.15) is 31.4 Å². The van der Waals surface area contributed by atoms with Crippen LogP contribution in [-0.4, -0.2) is 37.5 Å². The molecular weight excluding hydrogens is 312 g/mol. The van der Waals surface area contributed by atoms with Crippen LogP contribution in [0.4, 0.5) is 0 Å². The van der Waals surface area contributed by atoms with Crippen molar-refractivity contribution in [2.75, 3.05) is 19.6 Å². The van der Waals surface area contributed by atoms with Crippen molar-refractivity contribution < 1.29 is 13.5 Å². The Morgan fingerprint density at radius 2 is 2.19 bits per heavy atom. The Hall–Kier alpha value is -0.660. The predicted molar refractivity (Wildman–Crippen MR) is 83.3 cm³/mol. The van der Waals surface area contributed by atoms with Gasteiger partial charge in [-0.25, -0.2) is 0 Å². The lowest BCUT2D eigenvalue weighted by Gasteiger charge is -2.30. The fraction of sp³-hybridized carbons (Fsp3) is 0.571. The Labute approximate surface area is 131 Å². The van der Waals surface area contributed by atoms with E-state index in [2.05, 4.69) is 4.72 Å². The molecule has 1 aromatic rings. The molecule has 1 saturated heterocycles. The van der Waals surface area contributed by atoms with Gasteiger partial charge < -0.3 is 5.11 Å². The molecule has 7 heteroatoms. The molecule has 0 saturated carbocycles. The molecule has 1 heterocycles. The van der Waals surface area contributed by atoms with E-state index in [1.165, 1.54) is 4.31 Å². The van der Waals surface area contributed by atoms with Gasteiger partial charge in [-0.3, -0.25) is 0 Å². The molecule has 0 aliphatic carbocycles. The highest BCUT2D eigenvalue weighted by Gasteiger charge is 2.27. The number of nitrogens with one attached hydrogen (secondary N) is 1. The minimum absolute atomic E-state index is 0.0864. The molecule has 118 valence electrons. The van der Waals surface area contributed by atoms with Crippen molar-refractivity contribution in [3.63, 3.8) is 0 Å². The molecule has 1 aliphatic rings. The van der Waals surface area contributed by atoms with Gasteiger partial charge in [-0.2, -0.15) is 17.4 Å². The maximum absolute atomic E-state index is 12.2. The standard InChI is InChI=1S/C14H21ClN2O3S/c1-11-5-4-8-17(10-11)21(19,20)16-9-14(18)12-6-2-3-7-13(12)15/h2-3,6-7,11,14,16,18H,4-5,8-10H2,1H3/t11-,14+/m1/s1. The molecule has 1 aromatic carbocycles. The van der Waals surface area contributed by atoms with Gasteiger partial charge in [-0.1, -0.05) is 36.7 Å². The number of rotatable bonds is 5. The summed E-state index contributed by atoms with van der Waals surface area (Å²) in [6.07, 6.45) is 0.958. The van der Waals surface area contributed by atoms with Crippen LogP contribution in [0.25, 0.3) is 0 Å². The second-order valence-electron chi connectivity index (χ2n) is 5.50. The SMILES string of the molecule is C[C@@H]1CCCN(S(=O)(=O)NC[C@H](O)c2ccccc2Cl)C1. The quantitative estimate of drug-likeness (QED) is 0.865. The Kier molecular flexibility index (Phi) is 5.62. The molecule has 0 bridgehead atoms. The predicted octanol–water partition coefficient (Wildman–Crippen LogP) is 1.94. The summed E-state index contributed by atoms with van der Waals surface area (Å²) in [6.45, 7) is 3.01. The summed E-state index contributed by atoms with van der Waals surface area (Å²) in [7, 11) is -3.55. The van der Waals surface area contributed by atoms with E-state index in [4.69, 9.17) is 11.6 Å². The van der Waals surface area contributed by atoms with Gasteiger partial charge in [0.2, 0.25) is 0 Å². The third-order valence-corrected chi connectivity index (χ3v) is 5.57. The number of hydrogen-bond acceptors (Lipinski definition) is 3. The van der Waals surface area contributed by atoms with Crippen LogP contribution in [0.15, 0.2) is 24.3 Å². The second kappa shape index (κ2) is 7.07. The third-order valence-electron chi connectivity index (χ3n) is 3.68. The van der Waals surface area contributed by atoms with E-state index in [-0.39, 0.29) is 6.54 Å². The molecule has 1 fully saturated rings. The Bertz CT molecular complexity index is 579. The van der Waals surface area contributed by atoms with Crippen LogP contribution in [0, 0.1) is 5.92 Å². The summed E-state index contributed by atoms with van der Waals surface area (Å²) in [4.78, 5) is 0. The number of aliphatic hydroxyl groups excluding tert-OH is 1. The summed E-state index contributed by atoms with van der Waals surface area (Å²) in [6, 6.07) is 6.87. The Balaban J connectivity index is 1.97. The van der Waals surface area contributed by atoms with Crippen LogP contribution in [0.3, 0.4) is 0 Å². The lowest BCUT2D eigenvalue weighted by atomic mass is 10.0. The maximum atomic E-state index is 12.2. The minimum Gasteiger partial charge on any atom is -0.387 e. The Morgan fingerprint density at radius 1 is 1.48 bits per heavy atom. The third kappa shape index (κ3) is 4.40. The average Bonchev–Trinajstić information content (AvgIpc) is 2.45. The minimum atomic E-state index is -3.55. The first kappa shape index (κ1) is 16.7. The van der Waals surface area contributed by atoms with Crippen molar-refractivity contribution in [3.05, 3.63) is 34.9 Å². The van der Waals surface area contributed by atoms with Crippen molar-refractivity contribution in [1.82, 2.24) is 9.03 Å². The van der Waals surface area contributed by atoms with Crippen molar-refractivity contribution in [1.29, 1.82) is 0 Å². The molecule has 1 aliphatic heterocycles. The number of piperidine rings is 1. The van der Waals surface area contributed by atoms with Crippen LogP contribution < -0.4 is 4.72 Å². The largest absolute Gasteiger partial charge is 0.387 e. The number of nitrogens with zero attached hydrogens (tertiary/aromatic N) is 1. The molecule has 21 heavy (non-hydrogen) atoms. The molecule has 0 spiro atoms. The second-order valence-corrected chi connectivity index (χ2v) is 7.66.